The standard InChI is InChI=1S/C23H21ClFN5O3S/c1-34(32,33)16-5-2-14(3-6-16)28-22-26-12-18(25)21(29-22)27-15-4-7-17-19(10-15)30(20(31)11-24)13-23(17)8-9-23/h2-7,10,12H,8-9,11,13H2,1H3,(H2,26,27,28,29). The zero-order chi connectivity index (χ0) is 24.1. The predicted molar refractivity (Wildman–Crippen MR) is 129 cm³/mol. The highest BCUT2D eigenvalue weighted by Gasteiger charge is 2.52. The van der Waals surface area contributed by atoms with Crippen molar-refractivity contribution in [3.05, 3.63) is 60.0 Å². The first-order valence-corrected chi connectivity index (χ1v) is 13.0. The van der Waals surface area contributed by atoms with Crippen LogP contribution in [-0.2, 0) is 20.0 Å². The van der Waals surface area contributed by atoms with E-state index in [9.17, 15) is 17.6 Å². The first-order valence-electron chi connectivity index (χ1n) is 10.6. The van der Waals surface area contributed by atoms with Gasteiger partial charge in [-0.05, 0) is 54.8 Å². The van der Waals surface area contributed by atoms with Gasteiger partial charge in [0, 0.05) is 35.3 Å². The Labute approximate surface area is 201 Å². The van der Waals surface area contributed by atoms with E-state index in [2.05, 4.69) is 20.6 Å². The van der Waals surface area contributed by atoms with Gasteiger partial charge in [0.2, 0.25) is 11.9 Å². The van der Waals surface area contributed by atoms with Gasteiger partial charge < -0.3 is 15.5 Å². The first kappa shape index (κ1) is 22.5. The number of alkyl halides is 1. The predicted octanol–water partition coefficient (Wildman–Crippen LogP) is 4.12. The molecule has 1 amide bonds. The van der Waals surface area contributed by atoms with Crippen molar-refractivity contribution in [1.82, 2.24) is 9.97 Å². The lowest BCUT2D eigenvalue weighted by Crippen LogP contribution is -2.32. The maximum atomic E-state index is 14.5. The molecule has 1 aliphatic carbocycles. The van der Waals surface area contributed by atoms with E-state index < -0.39 is 15.7 Å². The quantitative estimate of drug-likeness (QED) is 0.489. The van der Waals surface area contributed by atoms with Crippen molar-refractivity contribution >= 4 is 56.2 Å². The summed E-state index contributed by atoms with van der Waals surface area (Å²) in [5, 5.41) is 5.90. The molecule has 5 rings (SSSR count). The second-order valence-corrected chi connectivity index (χ2v) is 10.8. The molecule has 1 aliphatic heterocycles. The molecule has 1 aromatic heterocycles. The van der Waals surface area contributed by atoms with Crippen LogP contribution in [0.15, 0.2) is 53.6 Å². The summed E-state index contributed by atoms with van der Waals surface area (Å²) in [6.45, 7) is 0.616. The molecule has 1 saturated carbocycles. The summed E-state index contributed by atoms with van der Waals surface area (Å²) >= 11 is 5.81. The molecule has 8 nitrogen and oxygen atoms in total. The Bertz CT molecular complexity index is 1390. The SMILES string of the molecule is CS(=O)(=O)c1ccc(Nc2ncc(F)c(Nc3ccc4c(c3)N(C(=O)CCl)CC43CC3)n2)cc1. The molecular formula is C23H21ClFN5O3S. The van der Waals surface area contributed by atoms with Gasteiger partial charge in [-0.2, -0.15) is 4.98 Å². The van der Waals surface area contributed by atoms with Gasteiger partial charge in [-0.25, -0.2) is 17.8 Å². The smallest absolute Gasteiger partial charge is 0.241 e. The number of anilines is 5. The van der Waals surface area contributed by atoms with Crippen LogP contribution in [0.1, 0.15) is 18.4 Å². The fraction of sp³-hybridized carbons (Fsp3) is 0.261. The Balaban J connectivity index is 1.38. The summed E-state index contributed by atoms with van der Waals surface area (Å²) in [5.41, 5.74) is 3.03. The second kappa shape index (κ2) is 8.21. The number of nitrogens with one attached hydrogen (secondary N) is 2. The highest BCUT2D eigenvalue weighted by molar-refractivity contribution is 7.90. The number of hydrogen-bond acceptors (Lipinski definition) is 7. The van der Waals surface area contributed by atoms with Crippen LogP contribution in [0.4, 0.5) is 33.2 Å². The van der Waals surface area contributed by atoms with Crippen molar-refractivity contribution in [2.75, 3.05) is 34.2 Å². The molecule has 0 unspecified atom stereocenters. The highest BCUT2D eigenvalue weighted by atomic mass is 35.5. The summed E-state index contributed by atoms with van der Waals surface area (Å²) in [7, 11) is -3.31. The van der Waals surface area contributed by atoms with Gasteiger partial charge in [-0.15, -0.1) is 11.6 Å². The fourth-order valence-electron chi connectivity index (χ4n) is 4.19. The zero-order valence-electron chi connectivity index (χ0n) is 18.2. The number of amides is 1. The number of hydrogen-bond donors (Lipinski definition) is 2. The Kier molecular flexibility index (Phi) is 5.44. The van der Waals surface area contributed by atoms with E-state index in [4.69, 9.17) is 11.6 Å². The van der Waals surface area contributed by atoms with E-state index in [0.717, 1.165) is 36.5 Å². The number of nitrogens with zero attached hydrogens (tertiary/aromatic N) is 3. The van der Waals surface area contributed by atoms with Crippen LogP contribution < -0.4 is 15.5 Å². The minimum atomic E-state index is -3.31. The molecule has 2 N–H and O–H groups in total. The Hall–Kier alpha value is -3.24. The number of aromatic nitrogens is 2. The maximum Gasteiger partial charge on any atom is 0.241 e. The summed E-state index contributed by atoms with van der Waals surface area (Å²) < 4.78 is 37.7. The summed E-state index contributed by atoms with van der Waals surface area (Å²) in [6, 6.07) is 11.7. The molecule has 2 aliphatic rings. The van der Waals surface area contributed by atoms with Gasteiger partial charge in [-0.1, -0.05) is 6.07 Å². The van der Waals surface area contributed by atoms with Gasteiger partial charge in [0.1, 0.15) is 5.88 Å². The van der Waals surface area contributed by atoms with E-state index in [0.29, 0.717) is 17.9 Å². The number of fused-ring (bicyclic) bond motifs is 2. The van der Waals surface area contributed by atoms with E-state index in [-0.39, 0.29) is 33.9 Å². The molecule has 1 spiro atoms. The van der Waals surface area contributed by atoms with Crippen molar-refractivity contribution in [3.63, 3.8) is 0 Å². The number of carbonyl (C=O) groups is 1. The molecule has 1 fully saturated rings. The van der Waals surface area contributed by atoms with E-state index in [1.807, 2.05) is 18.2 Å². The largest absolute Gasteiger partial charge is 0.338 e. The van der Waals surface area contributed by atoms with Crippen LogP contribution >= 0.6 is 11.6 Å². The normalized spacial score (nSPS) is 15.8. The molecule has 0 bridgehead atoms. The minimum absolute atomic E-state index is 0.0134. The maximum absolute atomic E-state index is 14.5. The number of halogens is 2. The van der Waals surface area contributed by atoms with Crippen LogP contribution in [0.25, 0.3) is 0 Å². The third kappa shape index (κ3) is 4.19. The lowest BCUT2D eigenvalue weighted by Gasteiger charge is -2.17. The van der Waals surface area contributed by atoms with Gasteiger partial charge in [0.25, 0.3) is 0 Å². The molecule has 0 saturated heterocycles. The van der Waals surface area contributed by atoms with E-state index in [1.165, 1.54) is 12.1 Å². The van der Waals surface area contributed by atoms with Crippen molar-refractivity contribution < 1.29 is 17.6 Å². The Morgan fingerprint density at radius 2 is 1.85 bits per heavy atom. The average molecular weight is 502 g/mol. The fourth-order valence-corrected chi connectivity index (χ4v) is 4.97. The third-order valence-electron chi connectivity index (χ3n) is 6.14. The average Bonchev–Trinajstić information content (AvgIpc) is 3.52. The van der Waals surface area contributed by atoms with Crippen LogP contribution in [0.2, 0.25) is 0 Å². The molecular weight excluding hydrogens is 481 g/mol. The zero-order valence-corrected chi connectivity index (χ0v) is 19.8. The minimum Gasteiger partial charge on any atom is -0.338 e. The lowest BCUT2D eigenvalue weighted by molar-refractivity contribution is -0.116. The number of rotatable bonds is 6. The molecule has 11 heteroatoms. The van der Waals surface area contributed by atoms with E-state index >= 15 is 0 Å². The van der Waals surface area contributed by atoms with Crippen LogP contribution in [-0.4, -0.2) is 43.0 Å². The summed E-state index contributed by atoms with van der Waals surface area (Å²) in [4.78, 5) is 22.4. The van der Waals surface area contributed by atoms with Crippen molar-refractivity contribution in [3.8, 4) is 0 Å². The number of carbonyl (C=O) groups excluding carboxylic acids is 1. The van der Waals surface area contributed by atoms with Gasteiger partial charge >= 0.3 is 0 Å². The van der Waals surface area contributed by atoms with Gasteiger partial charge in [-0.3, -0.25) is 4.79 Å². The molecule has 34 heavy (non-hydrogen) atoms. The first-order chi connectivity index (χ1) is 16.2. The Morgan fingerprint density at radius 3 is 2.50 bits per heavy atom. The van der Waals surface area contributed by atoms with Crippen molar-refractivity contribution in [1.29, 1.82) is 0 Å². The molecule has 2 aromatic carbocycles. The monoisotopic (exact) mass is 501 g/mol. The van der Waals surface area contributed by atoms with Crippen LogP contribution in [0, 0.1) is 5.82 Å². The van der Waals surface area contributed by atoms with Crippen LogP contribution in [0.5, 0.6) is 0 Å². The molecule has 176 valence electrons. The second-order valence-electron chi connectivity index (χ2n) is 8.56. The Morgan fingerprint density at radius 1 is 1.15 bits per heavy atom. The summed E-state index contributed by atoms with van der Waals surface area (Å²) in [5.74, 6) is -0.822. The van der Waals surface area contributed by atoms with Gasteiger partial charge in [0.05, 0.1) is 11.1 Å². The van der Waals surface area contributed by atoms with Gasteiger partial charge in [0.15, 0.2) is 21.5 Å². The van der Waals surface area contributed by atoms with Crippen molar-refractivity contribution in [2.45, 2.75) is 23.2 Å². The molecule has 0 radical (unpaired) electrons. The summed E-state index contributed by atoms with van der Waals surface area (Å²) in [6.07, 6.45) is 4.22. The lowest BCUT2D eigenvalue weighted by atomic mass is 9.98. The molecule has 3 aromatic rings. The third-order valence-corrected chi connectivity index (χ3v) is 7.49. The topological polar surface area (TPSA) is 104 Å². The number of benzene rings is 2. The molecule has 2 heterocycles. The van der Waals surface area contributed by atoms with E-state index in [1.54, 1.807) is 17.0 Å². The molecule has 0 atom stereocenters. The van der Waals surface area contributed by atoms with Crippen LogP contribution in [0.3, 0.4) is 0 Å². The number of sulfone groups is 1. The highest BCUT2D eigenvalue weighted by Crippen LogP contribution is 2.57. The van der Waals surface area contributed by atoms with Crippen molar-refractivity contribution in [2.24, 2.45) is 0 Å².